The number of carbonyl (C=O) groups is 2. The van der Waals surface area contributed by atoms with E-state index in [1.165, 1.54) is 24.8 Å². The third kappa shape index (κ3) is 5.88. The first-order valence-corrected chi connectivity index (χ1v) is 11.8. The Morgan fingerprint density at radius 2 is 1.62 bits per heavy atom. The van der Waals surface area contributed by atoms with E-state index < -0.39 is 0 Å². The number of para-hydroxylation sites is 1. The number of amides is 3. The molecule has 0 radical (unpaired) electrons. The fraction of sp³-hybridized carbons (Fsp3) is 0.462. The average Bonchev–Trinajstić information content (AvgIpc) is 2.82. The highest BCUT2D eigenvalue weighted by Gasteiger charge is 2.28. The van der Waals surface area contributed by atoms with E-state index in [0.29, 0.717) is 19.1 Å². The van der Waals surface area contributed by atoms with E-state index in [2.05, 4.69) is 34.6 Å². The third-order valence-electron chi connectivity index (χ3n) is 6.65. The van der Waals surface area contributed by atoms with Crippen LogP contribution in [0.15, 0.2) is 54.6 Å². The van der Waals surface area contributed by atoms with Crippen LogP contribution in [0.3, 0.4) is 0 Å². The molecule has 2 aliphatic rings. The maximum Gasteiger partial charge on any atom is 0.321 e. The lowest BCUT2D eigenvalue weighted by atomic mass is 9.97. The highest BCUT2D eigenvalue weighted by atomic mass is 16.2. The van der Waals surface area contributed by atoms with E-state index in [1.807, 2.05) is 42.5 Å². The zero-order valence-corrected chi connectivity index (χ0v) is 18.9. The lowest BCUT2D eigenvalue weighted by Crippen LogP contribution is -2.45. The molecular weight excluding hydrogens is 400 g/mol. The molecule has 2 aliphatic heterocycles. The Morgan fingerprint density at radius 3 is 2.38 bits per heavy atom. The van der Waals surface area contributed by atoms with Gasteiger partial charge in [0.25, 0.3) is 0 Å². The van der Waals surface area contributed by atoms with Gasteiger partial charge >= 0.3 is 6.03 Å². The van der Waals surface area contributed by atoms with Crippen molar-refractivity contribution in [1.82, 2.24) is 9.80 Å². The van der Waals surface area contributed by atoms with Crippen LogP contribution in [0.25, 0.3) is 0 Å². The van der Waals surface area contributed by atoms with E-state index in [1.54, 1.807) is 4.90 Å². The number of anilines is 2. The highest BCUT2D eigenvalue weighted by Crippen LogP contribution is 2.22. The quantitative estimate of drug-likeness (QED) is 0.700. The van der Waals surface area contributed by atoms with E-state index in [9.17, 15) is 9.59 Å². The van der Waals surface area contributed by atoms with Crippen LogP contribution >= 0.6 is 0 Å². The molecule has 170 valence electrons. The number of piperidine rings is 2. The summed E-state index contributed by atoms with van der Waals surface area (Å²) < 4.78 is 0. The van der Waals surface area contributed by atoms with Gasteiger partial charge in [-0.05, 0) is 69.0 Å². The van der Waals surface area contributed by atoms with Crippen molar-refractivity contribution in [2.24, 2.45) is 5.92 Å². The second-order valence-electron chi connectivity index (χ2n) is 9.08. The van der Waals surface area contributed by atoms with Gasteiger partial charge in [-0.3, -0.25) is 9.69 Å². The first-order chi connectivity index (χ1) is 15.6. The Balaban J connectivity index is 1.28. The molecule has 2 saturated heterocycles. The van der Waals surface area contributed by atoms with Gasteiger partial charge in [0, 0.05) is 37.1 Å². The zero-order chi connectivity index (χ0) is 22.3. The zero-order valence-electron chi connectivity index (χ0n) is 18.9. The van der Waals surface area contributed by atoms with Crippen LogP contribution in [0, 0.1) is 5.92 Å². The number of likely N-dealkylation sites (tertiary alicyclic amines) is 2. The summed E-state index contributed by atoms with van der Waals surface area (Å²) in [6, 6.07) is 18.1. The number of hydrogen-bond donors (Lipinski definition) is 2. The summed E-state index contributed by atoms with van der Waals surface area (Å²) in [6.45, 7) is 5.54. The molecule has 2 N–H and O–H groups in total. The van der Waals surface area contributed by atoms with Gasteiger partial charge in [-0.15, -0.1) is 0 Å². The van der Waals surface area contributed by atoms with Crippen molar-refractivity contribution in [2.75, 3.05) is 30.3 Å². The molecule has 2 unspecified atom stereocenters. The number of hydrogen-bond acceptors (Lipinski definition) is 3. The SMILES string of the molecule is CC1CCCCN1Cc1ccc(NC(=O)C2CCCN(C(=O)Nc3ccccc3)C2)cc1. The minimum Gasteiger partial charge on any atom is -0.326 e. The molecule has 3 amide bonds. The maximum atomic E-state index is 12.9. The summed E-state index contributed by atoms with van der Waals surface area (Å²) in [7, 11) is 0. The number of carbonyl (C=O) groups excluding carboxylic acids is 2. The minimum absolute atomic E-state index is 0.0142. The van der Waals surface area contributed by atoms with E-state index in [0.717, 1.165) is 37.3 Å². The summed E-state index contributed by atoms with van der Waals surface area (Å²) >= 11 is 0. The van der Waals surface area contributed by atoms with Crippen molar-refractivity contribution in [1.29, 1.82) is 0 Å². The molecule has 2 heterocycles. The van der Waals surface area contributed by atoms with Crippen LogP contribution in [-0.4, -0.2) is 47.4 Å². The number of urea groups is 1. The van der Waals surface area contributed by atoms with Crippen molar-refractivity contribution in [3.63, 3.8) is 0 Å². The van der Waals surface area contributed by atoms with Crippen molar-refractivity contribution in [3.05, 3.63) is 60.2 Å². The van der Waals surface area contributed by atoms with E-state index in [4.69, 9.17) is 0 Å². The summed E-state index contributed by atoms with van der Waals surface area (Å²) in [5.41, 5.74) is 2.86. The summed E-state index contributed by atoms with van der Waals surface area (Å²) in [4.78, 5) is 29.7. The molecule has 0 bridgehead atoms. The molecule has 4 rings (SSSR count). The number of rotatable bonds is 5. The lowest BCUT2D eigenvalue weighted by Gasteiger charge is -2.33. The summed E-state index contributed by atoms with van der Waals surface area (Å²) in [6.07, 6.45) is 5.50. The monoisotopic (exact) mass is 434 g/mol. The normalized spacial score (nSPS) is 21.7. The van der Waals surface area contributed by atoms with E-state index >= 15 is 0 Å². The molecule has 2 aromatic carbocycles. The largest absolute Gasteiger partial charge is 0.326 e. The Morgan fingerprint density at radius 1 is 0.875 bits per heavy atom. The highest BCUT2D eigenvalue weighted by molar-refractivity contribution is 5.94. The van der Waals surface area contributed by atoms with Gasteiger partial charge < -0.3 is 15.5 Å². The topological polar surface area (TPSA) is 64.7 Å². The predicted molar refractivity (Wildman–Crippen MR) is 129 cm³/mol. The van der Waals surface area contributed by atoms with E-state index in [-0.39, 0.29) is 17.9 Å². The number of nitrogens with zero attached hydrogens (tertiary/aromatic N) is 2. The Bertz CT molecular complexity index is 900. The molecule has 2 aromatic rings. The standard InChI is InChI=1S/C26H34N4O2/c1-20-8-5-6-16-29(20)18-21-12-14-24(15-13-21)27-25(31)22-9-7-17-30(19-22)26(32)28-23-10-3-2-4-11-23/h2-4,10-15,20,22H,5-9,16-19H2,1H3,(H,27,31)(H,28,32). The molecular formula is C26H34N4O2. The molecule has 2 atom stereocenters. The molecule has 0 spiro atoms. The first kappa shape index (κ1) is 22.3. The van der Waals surface area contributed by atoms with Crippen molar-refractivity contribution >= 4 is 23.3 Å². The molecule has 6 nitrogen and oxygen atoms in total. The first-order valence-electron chi connectivity index (χ1n) is 11.8. The Kier molecular flexibility index (Phi) is 7.43. The molecule has 0 aliphatic carbocycles. The fourth-order valence-electron chi connectivity index (χ4n) is 4.66. The minimum atomic E-state index is -0.195. The van der Waals surface area contributed by atoms with Crippen molar-refractivity contribution in [2.45, 2.75) is 51.6 Å². The number of nitrogens with one attached hydrogen (secondary N) is 2. The van der Waals surface area contributed by atoms with Gasteiger partial charge in [0.2, 0.25) is 5.91 Å². The second-order valence-corrected chi connectivity index (χ2v) is 9.08. The smallest absolute Gasteiger partial charge is 0.321 e. The second kappa shape index (κ2) is 10.6. The van der Waals surface area contributed by atoms with Crippen LogP contribution in [-0.2, 0) is 11.3 Å². The molecule has 0 saturated carbocycles. The van der Waals surface area contributed by atoms with Gasteiger partial charge in [0.15, 0.2) is 0 Å². The van der Waals surface area contributed by atoms with Crippen LogP contribution in [0.1, 0.15) is 44.6 Å². The van der Waals surface area contributed by atoms with Gasteiger partial charge in [-0.2, -0.15) is 0 Å². The van der Waals surface area contributed by atoms with Gasteiger partial charge in [-0.1, -0.05) is 36.8 Å². The molecule has 6 heteroatoms. The molecule has 0 aromatic heterocycles. The van der Waals surface area contributed by atoms with Crippen molar-refractivity contribution < 1.29 is 9.59 Å². The Hall–Kier alpha value is -2.86. The van der Waals surface area contributed by atoms with Gasteiger partial charge in [0.1, 0.15) is 0 Å². The summed E-state index contributed by atoms with van der Waals surface area (Å²) in [5.74, 6) is -0.209. The predicted octanol–water partition coefficient (Wildman–Crippen LogP) is 4.94. The van der Waals surface area contributed by atoms with Crippen LogP contribution < -0.4 is 10.6 Å². The van der Waals surface area contributed by atoms with Gasteiger partial charge in [0.05, 0.1) is 5.92 Å². The molecule has 2 fully saturated rings. The maximum absolute atomic E-state index is 12.9. The fourth-order valence-corrected chi connectivity index (χ4v) is 4.66. The van der Waals surface area contributed by atoms with Crippen LogP contribution in [0.4, 0.5) is 16.2 Å². The molecule has 32 heavy (non-hydrogen) atoms. The summed E-state index contributed by atoms with van der Waals surface area (Å²) in [5, 5.41) is 5.96. The third-order valence-corrected chi connectivity index (χ3v) is 6.65. The average molecular weight is 435 g/mol. The lowest BCUT2D eigenvalue weighted by molar-refractivity contribution is -0.121. The Labute approximate surface area is 191 Å². The van der Waals surface area contributed by atoms with Gasteiger partial charge in [-0.25, -0.2) is 4.79 Å². The number of benzene rings is 2. The van der Waals surface area contributed by atoms with Crippen LogP contribution in [0.5, 0.6) is 0 Å². The van der Waals surface area contributed by atoms with Crippen LogP contribution in [0.2, 0.25) is 0 Å². The van der Waals surface area contributed by atoms with Crippen molar-refractivity contribution in [3.8, 4) is 0 Å².